The van der Waals surface area contributed by atoms with Crippen molar-refractivity contribution in [2.75, 3.05) is 11.9 Å². The molecule has 2 aliphatic rings. The minimum atomic E-state index is 0.724. The molecule has 0 N–H and O–H groups in total. The van der Waals surface area contributed by atoms with Gasteiger partial charge in [-0.1, -0.05) is 39.0 Å². The average molecular weight is 215 g/mol. The fraction of sp³-hybridized carbons (Fsp3) is 0.600. The minimum Gasteiger partial charge on any atom is -0.370 e. The van der Waals surface area contributed by atoms with E-state index >= 15 is 0 Å². The Morgan fingerprint density at radius 2 is 1.62 bits per heavy atom. The molecule has 1 aromatic carbocycles. The Hall–Kier alpha value is -0.980. The number of fused-ring (bicyclic) bond motifs is 3. The summed E-state index contributed by atoms with van der Waals surface area (Å²) in [7, 11) is 2.27. The van der Waals surface area contributed by atoms with Crippen LogP contribution in [0.1, 0.15) is 32.3 Å². The Morgan fingerprint density at radius 1 is 0.938 bits per heavy atom. The van der Waals surface area contributed by atoms with Gasteiger partial charge in [0.05, 0.1) is 0 Å². The highest BCUT2D eigenvalue weighted by atomic mass is 15.2. The second-order valence-electron chi connectivity index (χ2n) is 5.76. The minimum absolute atomic E-state index is 0.724. The smallest absolute Gasteiger partial charge is 0.0402 e. The van der Waals surface area contributed by atoms with Crippen LogP contribution in [0.15, 0.2) is 24.3 Å². The van der Waals surface area contributed by atoms with E-state index < -0.39 is 0 Å². The summed E-state index contributed by atoms with van der Waals surface area (Å²) >= 11 is 0. The van der Waals surface area contributed by atoms with Gasteiger partial charge in [0, 0.05) is 24.7 Å². The maximum Gasteiger partial charge on any atom is 0.0402 e. The predicted molar refractivity (Wildman–Crippen MR) is 68.9 cm³/mol. The molecule has 1 aliphatic carbocycles. The molecule has 5 atom stereocenters. The maximum absolute atomic E-state index is 2.52. The standard InChI is InChI=1S/C15H21N/c1-9-10(2)14-12-7-5-6-8-13(12)16(4)15(14)11(9)3/h5-11,14-15H,1-4H3. The third-order valence-corrected chi connectivity index (χ3v) is 5.25. The van der Waals surface area contributed by atoms with Crippen molar-refractivity contribution in [3.63, 3.8) is 0 Å². The number of rotatable bonds is 0. The van der Waals surface area contributed by atoms with Crippen molar-refractivity contribution in [3.8, 4) is 0 Å². The van der Waals surface area contributed by atoms with E-state index in [0.29, 0.717) is 0 Å². The van der Waals surface area contributed by atoms with Gasteiger partial charge in [-0.05, 0) is 29.4 Å². The molecular weight excluding hydrogens is 194 g/mol. The quantitative estimate of drug-likeness (QED) is 0.640. The number of para-hydroxylation sites is 1. The molecule has 86 valence electrons. The van der Waals surface area contributed by atoms with E-state index in [9.17, 15) is 0 Å². The second-order valence-corrected chi connectivity index (χ2v) is 5.76. The summed E-state index contributed by atoms with van der Waals surface area (Å²) < 4.78 is 0. The topological polar surface area (TPSA) is 3.24 Å². The third kappa shape index (κ3) is 1.07. The van der Waals surface area contributed by atoms with Crippen LogP contribution in [-0.4, -0.2) is 13.1 Å². The van der Waals surface area contributed by atoms with E-state index in [1.54, 1.807) is 5.56 Å². The molecule has 0 radical (unpaired) electrons. The highest BCUT2D eigenvalue weighted by molar-refractivity contribution is 5.62. The Kier molecular flexibility index (Phi) is 2.07. The lowest BCUT2D eigenvalue weighted by Crippen LogP contribution is -2.33. The molecule has 16 heavy (non-hydrogen) atoms. The van der Waals surface area contributed by atoms with Gasteiger partial charge in [-0.3, -0.25) is 0 Å². The molecule has 0 aromatic heterocycles. The van der Waals surface area contributed by atoms with Crippen LogP contribution in [-0.2, 0) is 0 Å². The molecule has 0 bridgehead atoms. The molecule has 0 saturated heterocycles. The monoisotopic (exact) mass is 215 g/mol. The first-order valence-corrected chi connectivity index (χ1v) is 6.44. The molecule has 0 amide bonds. The molecule has 5 unspecified atom stereocenters. The fourth-order valence-corrected chi connectivity index (χ4v) is 4.07. The summed E-state index contributed by atoms with van der Waals surface area (Å²) in [6.07, 6.45) is 0. The second kappa shape index (κ2) is 3.26. The molecular formula is C15H21N. The number of anilines is 1. The Balaban J connectivity index is 2.12. The average Bonchev–Trinajstić information content (AvgIpc) is 2.71. The summed E-state index contributed by atoms with van der Waals surface area (Å²) in [6.45, 7) is 7.28. The Bertz CT molecular complexity index is 412. The van der Waals surface area contributed by atoms with E-state index in [1.807, 2.05) is 0 Å². The summed E-state index contributed by atoms with van der Waals surface area (Å²) in [5.41, 5.74) is 3.04. The van der Waals surface area contributed by atoms with Gasteiger partial charge in [0.2, 0.25) is 0 Å². The van der Waals surface area contributed by atoms with Crippen molar-refractivity contribution in [1.82, 2.24) is 0 Å². The molecule has 1 saturated carbocycles. The summed E-state index contributed by atoms with van der Waals surface area (Å²) in [6, 6.07) is 9.68. The van der Waals surface area contributed by atoms with Crippen molar-refractivity contribution in [2.24, 2.45) is 17.8 Å². The molecule has 3 rings (SSSR count). The lowest BCUT2D eigenvalue weighted by molar-refractivity contribution is 0.361. The van der Waals surface area contributed by atoms with Gasteiger partial charge in [0.1, 0.15) is 0 Å². The first-order chi connectivity index (χ1) is 7.63. The molecule has 0 spiro atoms. The zero-order chi connectivity index (χ0) is 11.4. The van der Waals surface area contributed by atoms with Gasteiger partial charge in [-0.2, -0.15) is 0 Å². The van der Waals surface area contributed by atoms with Crippen LogP contribution in [0.5, 0.6) is 0 Å². The zero-order valence-electron chi connectivity index (χ0n) is 10.6. The number of nitrogens with zero attached hydrogens (tertiary/aromatic N) is 1. The normalized spacial score (nSPS) is 41.0. The molecule has 1 fully saturated rings. The predicted octanol–water partition coefficient (Wildman–Crippen LogP) is 3.51. The van der Waals surface area contributed by atoms with Crippen LogP contribution >= 0.6 is 0 Å². The van der Waals surface area contributed by atoms with Crippen LogP contribution in [0.3, 0.4) is 0 Å². The summed E-state index contributed by atoms with van der Waals surface area (Å²) in [4.78, 5) is 2.52. The molecule has 1 nitrogen and oxygen atoms in total. The highest BCUT2D eigenvalue weighted by Crippen LogP contribution is 2.55. The van der Waals surface area contributed by atoms with Crippen LogP contribution in [0.2, 0.25) is 0 Å². The number of benzene rings is 1. The van der Waals surface area contributed by atoms with Gasteiger partial charge >= 0.3 is 0 Å². The molecule has 1 heterocycles. The van der Waals surface area contributed by atoms with E-state index in [1.165, 1.54) is 5.69 Å². The first kappa shape index (κ1) is 10.2. The van der Waals surface area contributed by atoms with Crippen molar-refractivity contribution in [1.29, 1.82) is 0 Å². The van der Waals surface area contributed by atoms with Crippen molar-refractivity contribution in [2.45, 2.75) is 32.7 Å². The van der Waals surface area contributed by atoms with Gasteiger partial charge < -0.3 is 4.90 Å². The van der Waals surface area contributed by atoms with Crippen molar-refractivity contribution >= 4 is 5.69 Å². The number of likely N-dealkylation sites (N-methyl/N-ethyl adjacent to an activating group) is 1. The van der Waals surface area contributed by atoms with Crippen molar-refractivity contribution < 1.29 is 0 Å². The lowest BCUT2D eigenvalue weighted by atomic mass is 9.87. The highest BCUT2D eigenvalue weighted by Gasteiger charge is 2.50. The van der Waals surface area contributed by atoms with E-state index in [2.05, 4.69) is 57.0 Å². The summed E-state index contributed by atoms with van der Waals surface area (Å²) in [5.74, 6) is 3.21. The van der Waals surface area contributed by atoms with Gasteiger partial charge in [-0.15, -0.1) is 0 Å². The first-order valence-electron chi connectivity index (χ1n) is 6.44. The Labute approximate surface area is 98.5 Å². The number of hydrogen-bond acceptors (Lipinski definition) is 1. The van der Waals surface area contributed by atoms with Crippen LogP contribution < -0.4 is 4.90 Å². The zero-order valence-corrected chi connectivity index (χ0v) is 10.6. The van der Waals surface area contributed by atoms with Crippen LogP contribution in [0.4, 0.5) is 5.69 Å². The van der Waals surface area contributed by atoms with Crippen LogP contribution in [0, 0.1) is 17.8 Å². The van der Waals surface area contributed by atoms with Crippen molar-refractivity contribution in [3.05, 3.63) is 29.8 Å². The maximum atomic E-state index is 2.52. The van der Waals surface area contributed by atoms with E-state index in [-0.39, 0.29) is 0 Å². The van der Waals surface area contributed by atoms with Gasteiger partial charge in [0.25, 0.3) is 0 Å². The van der Waals surface area contributed by atoms with Gasteiger partial charge in [0.15, 0.2) is 0 Å². The summed E-state index contributed by atoms with van der Waals surface area (Å²) in [5, 5.41) is 0. The fourth-order valence-electron chi connectivity index (χ4n) is 4.07. The largest absolute Gasteiger partial charge is 0.370 e. The third-order valence-electron chi connectivity index (χ3n) is 5.25. The molecule has 1 heteroatoms. The SMILES string of the molecule is CC1C(C)C2c3ccccc3N(C)C2C1C. The Morgan fingerprint density at radius 3 is 2.38 bits per heavy atom. The van der Waals surface area contributed by atoms with Crippen LogP contribution in [0.25, 0.3) is 0 Å². The number of hydrogen-bond donors (Lipinski definition) is 0. The van der Waals surface area contributed by atoms with E-state index in [0.717, 1.165) is 29.7 Å². The molecule has 1 aliphatic heterocycles. The lowest BCUT2D eigenvalue weighted by Gasteiger charge is -2.27. The molecule has 1 aromatic rings. The van der Waals surface area contributed by atoms with E-state index in [4.69, 9.17) is 0 Å². The van der Waals surface area contributed by atoms with Gasteiger partial charge in [-0.25, -0.2) is 0 Å².